The Morgan fingerprint density at radius 2 is 0.939 bits per heavy atom. The molecule has 0 heterocycles. The van der Waals surface area contributed by atoms with Gasteiger partial charge < -0.3 is 13.3 Å². The van der Waals surface area contributed by atoms with E-state index in [0.29, 0.717) is 12.8 Å². The van der Waals surface area contributed by atoms with Gasteiger partial charge in [0.05, 0.1) is 6.61 Å². The maximum Gasteiger partial charge on any atom is 0.740 e. The van der Waals surface area contributed by atoms with Crippen LogP contribution in [0, 0.1) is 0 Å². The fraction of sp³-hybridized carbons (Fsp3) is 0.852. The van der Waals surface area contributed by atoms with Gasteiger partial charge in [0.15, 0.2) is 0 Å². The highest BCUT2D eigenvalue weighted by Gasteiger charge is 2.29. The lowest BCUT2D eigenvalue weighted by Gasteiger charge is -2.13. The van der Waals surface area contributed by atoms with Crippen LogP contribution >= 0.6 is 0 Å². The normalized spacial score (nSPS) is 11.0. The molecule has 33 heavy (non-hydrogen) atoms. The Balaban J connectivity index is 3.88. The molecule has 0 saturated heterocycles. The quantitative estimate of drug-likeness (QED) is 0.0745. The molecule has 0 unspecified atom stereocenters. The Hall–Kier alpha value is -1.14. The minimum Gasteiger partial charge on any atom is -0.461 e. The fourth-order valence-corrected chi connectivity index (χ4v) is 4.64. The first-order valence-corrected chi connectivity index (χ1v) is 14.9. The van der Waals surface area contributed by atoms with E-state index in [-0.39, 0.29) is 18.5 Å². The second-order valence-electron chi connectivity index (χ2n) is 8.95. The molecule has 0 aromatic carbocycles. The van der Waals surface area contributed by atoms with Gasteiger partial charge in [0.1, 0.15) is 0 Å². The van der Waals surface area contributed by atoms with E-state index in [1.165, 1.54) is 77.0 Å². The molecule has 193 valence electrons. The third-order valence-corrected chi connectivity index (χ3v) is 6.87. The zero-order chi connectivity index (χ0) is 24.4. The van der Waals surface area contributed by atoms with Crippen LogP contribution in [0.3, 0.4) is 0 Å². The molecule has 0 fully saturated rings. The van der Waals surface area contributed by atoms with E-state index in [0.717, 1.165) is 38.5 Å². The van der Waals surface area contributed by atoms with Crippen LogP contribution < -0.4 is 0 Å². The van der Waals surface area contributed by atoms with Gasteiger partial charge in [-0.25, -0.2) is 0 Å². The Labute approximate surface area is 206 Å². The zero-order valence-corrected chi connectivity index (χ0v) is 22.7. The van der Waals surface area contributed by atoms with Gasteiger partial charge in [0, 0.05) is 12.8 Å². The summed E-state index contributed by atoms with van der Waals surface area (Å²) in [5.41, 5.74) is 0. The standard InChI is InChI=1S/C27H51O5Si/c1-4-7-9-11-13-15-17-19-21-23-26(28)31-33(30-25-6-3)32-27(29)24-22-20-18-16-14-12-10-8-5-2/h6H,3-5,7-25H2,1-2H3. The highest BCUT2D eigenvalue weighted by atomic mass is 28.3. The van der Waals surface area contributed by atoms with Gasteiger partial charge in [-0.1, -0.05) is 123 Å². The summed E-state index contributed by atoms with van der Waals surface area (Å²) in [6, 6.07) is 0. The summed E-state index contributed by atoms with van der Waals surface area (Å²) in [4.78, 5) is 24.3. The molecule has 5 nitrogen and oxygen atoms in total. The molecule has 0 N–H and O–H groups in total. The first-order chi connectivity index (χ1) is 16.1. The summed E-state index contributed by atoms with van der Waals surface area (Å²) in [6.07, 6.45) is 23.7. The Bertz CT molecular complexity index is 433. The van der Waals surface area contributed by atoms with E-state index >= 15 is 0 Å². The number of hydrogen-bond donors (Lipinski definition) is 0. The predicted molar refractivity (Wildman–Crippen MR) is 138 cm³/mol. The highest BCUT2D eigenvalue weighted by molar-refractivity contribution is 6.41. The van der Waals surface area contributed by atoms with E-state index in [4.69, 9.17) is 13.3 Å². The minimum atomic E-state index is -2.39. The third-order valence-electron chi connectivity index (χ3n) is 5.68. The lowest BCUT2D eigenvalue weighted by molar-refractivity contribution is -0.143. The van der Waals surface area contributed by atoms with Gasteiger partial charge in [-0.15, -0.1) is 6.58 Å². The van der Waals surface area contributed by atoms with Crippen LogP contribution in [-0.4, -0.2) is 28.1 Å². The molecule has 0 aliphatic rings. The van der Waals surface area contributed by atoms with Crippen molar-refractivity contribution in [3.8, 4) is 0 Å². The van der Waals surface area contributed by atoms with Crippen LogP contribution in [0.15, 0.2) is 12.7 Å². The number of hydrogen-bond acceptors (Lipinski definition) is 5. The second kappa shape index (κ2) is 25.5. The molecule has 1 radical (unpaired) electrons. The summed E-state index contributed by atoms with van der Waals surface area (Å²) in [7, 11) is -2.39. The Kier molecular flexibility index (Phi) is 24.6. The third kappa shape index (κ3) is 23.8. The molecule has 0 bridgehead atoms. The van der Waals surface area contributed by atoms with E-state index in [2.05, 4.69) is 20.4 Å². The monoisotopic (exact) mass is 483 g/mol. The molecule has 6 heteroatoms. The van der Waals surface area contributed by atoms with E-state index < -0.39 is 9.53 Å². The first-order valence-electron chi connectivity index (χ1n) is 13.7. The van der Waals surface area contributed by atoms with Crippen molar-refractivity contribution in [2.75, 3.05) is 6.61 Å². The first kappa shape index (κ1) is 31.9. The van der Waals surface area contributed by atoms with Gasteiger partial charge >= 0.3 is 9.53 Å². The number of rotatable bonds is 25. The molecule has 0 aromatic heterocycles. The average molecular weight is 484 g/mol. The van der Waals surface area contributed by atoms with Crippen LogP contribution in [0.1, 0.15) is 142 Å². The molecule has 0 spiro atoms. The van der Waals surface area contributed by atoms with E-state index in [1.54, 1.807) is 6.08 Å². The van der Waals surface area contributed by atoms with Gasteiger partial charge in [0.25, 0.3) is 11.9 Å². The van der Waals surface area contributed by atoms with Gasteiger partial charge in [-0.2, -0.15) is 0 Å². The summed E-state index contributed by atoms with van der Waals surface area (Å²) in [6.45, 7) is 8.26. The van der Waals surface area contributed by atoms with Crippen LogP contribution in [-0.2, 0) is 22.9 Å². The molecular weight excluding hydrogens is 432 g/mol. The van der Waals surface area contributed by atoms with Crippen LogP contribution in [0.25, 0.3) is 0 Å². The van der Waals surface area contributed by atoms with Gasteiger partial charge in [-0.05, 0) is 12.8 Å². The summed E-state index contributed by atoms with van der Waals surface area (Å²) in [5.74, 6) is -0.682. The number of carbonyl (C=O) groups is 2. The van der Waals surface area contributed by atoms with Crippen LogP contribution in [0.2, 0.25) is 0 Å². The van der Waals surface area contributed by atoms with Crippen molar-refractivity contribution < 1.29 is 22.9 Å². The van der Waals surface area contributed by atoms with Crippen LogP contribution in [0.4, 0.5) is 0 Å². The SMILES string of the molecule is C=CCO[Si](OC(=O)CCCCCCCCCCC)OC(=O)CCCCCCCCCCC. The van der Waals surface area contributed by atoms with E-state index in [1.807, 2.05) is 0 Å². The number of unbranched alkanes of at least 4 members (excludes halogenated alkanes) is 16. The second-order valence-corrected chi connectivity index (χ2v) is 10.2. The zero-order valence-electron chi connectivity index (χ0n) is 21.7. The van der Waals surface area contributed by atoms with Crippen molar-refractivity contribution >= 4 is 21.5 Å². The summed E-state index contributed by atoms with van der Waals surface area (Å²) >= 11 is 0. The Morgan fingerprint density at radius 1 is 0.606 bits per heavy atom. The van der Waals surface area contributed by atoms with Crippen molar-refractivity contribution in [1.82, 2.24) is 0 Å². The molecule has 0 rings (SSSR count). The molecule has 0 saturated carbocycles. The molecule has 0 aromatic rings. The van der Waals surface area contributed by atoms with Crippen molar-refractivity contribution in [3.63, 3.8) is 0 Å². The predicted octanol–water partition coefficient (Wildman–Crippen LogP) is 8.10. The lowest BCUT2D eigenvalue weighted by Crippen LogP contribution is -2.32. The molecule has 0 atom stereocenters. The van der Waals surface area contributed by atoms with Crippen molar-refractivity contribution in [3.05, 3.63) is 12.7 Å². The highest BCUT2D eigenvalue weighted by Crippen LogP contribution is 2.13. The largest absolute Gasteiger partial charge is 0.740 e. The molecule has 0 aliphatic carbocycles. The fourth-order valence-electron chi connectivity index (χ4n) is 3.65. The number of carbonyl (C=O) groups excluding carboxylic acids is 2. The minimum absolute atomic E-state index is 0.199. The summed E-state index contributed by atoms with van der Waals surface area (Å²) < 4.78 is 16.1. The average Bonchev–Trinajstić information content (AvgIpc) is 2.80. The smallest absolute Gasteiger partial charge is 0.461 e. The van der Waals surface area contributed by atoms with Crippen molar-refractivity contribution in [1.29, 1.82) is 0 Å². The lowest BCUT2D eigenvalue weighted by atomic mass is 10.1. The molecular formula is C27H51O5Si. The van der Waals surface area contributed by atoms with Crippen molar-refractivity contribution in [2.24, 2.45) is 0 Å². The molecule has 0 amide bonds. The van der Waals surface area contributed by atoms with Crippen molar-refractivity contribution in [2.45, 2.75) is 142 Å². The maximum atomic E-state index is 12.1. The van der Waals surface area contributed by atoms with Crippen LogP contribution in [0.5, 0.6) is 0 Å². The topological polar surface area (TPSA) is 61.8 Å². The Morgan fingerprint density at radius 3 is 1.27 bits per heavy atom. The molecule has 0 aliphatic heterocycles. The summed E-state index contributed by atoms with van der Waals surface area (Å²) in [5, 5.41) is 0. The van der Waals surface area contributed by atoms with Gasteiger partial charge in [-0.3, -0.25) is 9.59 Å². The maximum absolute atomic E-state index is 12.1. The van der Waals surface area contributed by atoms with Gasteiger partial charge in [0.2, 0.25) is 0 Å². The van der Waals surface area contributed by atoms with E-state index in [9.17, 15) is 9.59 Å².